The Hall–Kier alpha value is -4.02. The van der Waals surface area contributed by atoms with Gasteiger partial charge >= 0.3 is 11.7 Å². The molecule has 0 spiro atoms. The van der Waals surface area contributed by atoms with Gasteiger partial charge in [-0.05, 0) is 30.7 Å². The Bertz CT molecular complexity index is 1190. The van der Waals surface area contributed by atoms with Crippen LogP contribution in [0, 0.1) is 27.7 Å². The van der Waals surface area contributed by atoms with E-state index in [-0.39, 0.29) is 28.9 Å². The lowest BCUT2D eigenvalue weighted by molar-refractivity contribution is -0.384. The number of amides is 2. The van der Waals surface area contributed by atoms with Crippen molar-refractivity contribution >= 4 is 17.5 Å². The minimum absolute atomic E-state index is 0.0298. The maximum Gasteiger partial charge on any atom is 0.323 e. The normalized spacial score (nSPS) is 14.5. The Morgan fingerprint density at radius 2 is 1.97 bits per heavy atom. The van der Waals surface area contributed by atoms with Crippen LogP contribution in [0.25, 0.3) is 11.3 Å². The number of carbonyl (C=O) groups is 1. The van der Waals surface area contributed by atoms with Crippen molar-refractivity contribution in [1.29, 1.82) is 0 Å². The highest BCUT2D eigenvalue weighted by Crippen LogP contribution is 2.34. The quantitative estimate of drug-likeness (QED) is 0.437. The number of rotatable bonds is 6. The number of carbonyl (C=O) groups excluding carboxylic acids is 1. The van der Waals surface area contributed by atoms with Crippen molar-refractivity contribution in [2.24, 2.45) is 5.92 Å². The van der Waals surface area contributed by atoms with Gasteiger partial charge in [0, 0.05) is 55.0 Å². The van der Waals surface area contributed by atoms with Crippen molar-refractivity contribution in [2.45, 2.75) is 19.3 Å². The molecule has 3 aromatic rings. The average molecular weight is 454 g/mol. The van der Waals surface area contributed by atoms with Crippen LogP contribution in [-0.2, 0) is 0 Å². The molecule has 1 aliphatic heterocycles. The summed E-state index contributed by atoms with van der Waals surface area (Å²) in [5, 5.41) is 13.9. The lowest BCUT2D eigenvalue weighted by Crippen LogP contribution is -2.53. The summed E-state index contributed by atoms with van der Waals surface area (Å²) < 4.78 is 27.4. The number of likely N-dealkylation sites (tertiary alicyclic amines) is 1. The molecule has 9 nitrogen and oxygen atoms in total. The molecule has 0 bridgehead atoms. The summed E-state index contributed by atoms with van der Waals surface area (Å²) in [5.74, 6) is -0.971. The minimum atomic E-state index is -0.868. The number of nitrogens with one attached hydrogen (secondary N) is 1. The van der Waals surface area contributed by atoms with Gasteiger partial charge < -0.3 is 4.90 Å². The number of urea groups is 1. The third-order valence-corrected chi connectivity index (χ3v) is 5.63. The van der Waals surface area contributed by atoms with Crippen LogP contribution in [0.2, 0.25) is 0 Å². The molecule has 0 saturated carbocycles. The van der Waals surface area contributed by atoms with E-state index in [2.05, 4.69) is 20.3 Å². The van der Waals surface area contributed by atoms with Crippen molar-refractivity contribution in [3.8, 4) is 11.3 Å². The first-order valence-corrected chi connectivity index (χ1v) is 10.3. The summed E-state index contributed by atoms with van der Waals surface area (Å²) in [6, 6.07) is 6.48. The maximum atomic E-state index is 14.2. The van der Waals surface area contributed by atoms with Crippen LogP contribution in [0.5, 0.6) is 0 Å². The molecule has 1 N–H and O–H groups in total. The van der Waals surface area contributed by atoms with Crippen molar-refractivity contribution in [2.75, 3.05) is 18.4 Å². The lowest BCUT2D eigenvalue weighted by atomic mass is 9.83. The lowest BCUT2D eigenvalue weighted by Gasteiger charge is -2.42. The van der Waals surface area contributed by atoms with E-state index in [1.165, 1.54) is 17.0 Å². The number of nitro groups is 1. The minimum Gasteiger partial charge on any atom is -0.324 e. The fraction of sp³-hybridized carbons (Fsp3) is 0.273. The zero-order valence-corrected chi connectivity index (χ0v) is 17.6. The Labute approximate surface area is 187 Å². The van der Waals surface area contributed by atoms with Gasteiger partial charge in [0.1, 0.15) is 17.5 Å². The van der Waals surface area contributed by atoms with E-state index in [4.69, 9.17) is 0 Å². The molecule has 1 atom stereocenters. The molecule has 0 radical (unpaired) electrons. The molecule has 1 aromatic carbocycles. The van der Waals surface area contributed by atoms with E-state index >= 15 is 0 Å². The van der Waals surface area contributed by atoms with E-state index in [0.29, 0.717) is 19.2 Å². The largest absolute Gasteiger partial charge is 0.324 e. The van der Waals surface area contributed by atoms with E-state index in [9.17, 15) is 23.7 Å². The predicted octanol–water partition coefficient (Wildman–Crippen LogP) is 4.38. The number of hydrogen-bond acceptors (Lipinski definition) is 6. The first-order valence-electron chi connectivity index (χ1n) is 10.3. The standard InChI is InChI=1S/C22H20F2N6O3/c1-2-15(20-25-8-3-9-26-20)13-11-29(12-13)22(31)28-21-19(30(32)33)7-6-18(27-21)16-5-4-14(23)10-17(16)24/h3-10,13,15H,2,11-12H2,1H3,(H,27,28,31). The number of anilines is 1. The molecule has 4 rings (SSSR count). The van der Waals surface area contributed by atoms with E-state index in [1.807, 2.05) is 6.92 Å². The van der Waals surface area contributed by atoms with Crippen LogP contribution in [0.1, 0.15) is 25.1 Å². The monoisotopic (exact) mass is 454 g/mol. The molecule has 1 saturated heterocycles. The van der Waals surface area contributed by atoms with Gasteiger partial charge in [-0.25, -0.2) is 28.5 Å². The van der Waals surface area contributed by atoms with Gasteiger partial charge in [-0.1, -0.05) is 6.92 Å². The second kappa shape index (κ2) is 9.23. The van der Waals surface area contributed by atoms with Crippen LogP contribution in [0.15, 0.2) is 48.8 Å². The van der Waals surface area contributed by atoms with Crippen LogP contribution in [0.3, 0.4) is 0 Å². The number of hydrogen-bond donors (Lipinski definition) is 1. The van der Waals surface area contributed by atoms with Crippen LogP contribution < -0.4 is 5.32 Å². The summed E-state index contributed by atoms with van der Waals surface area (Å²) in [6.07, 6.45) is 4.16. The summed E-state index contributed by atoms with van der Waals surface area (Å²) in [4.78, 5) is 37.6. The van der Waals surface area contributed by atoms with E-state index in [0.717, 1.165) is 24.4 Å². The van der Waals surface area contributed by atoms with Crippen LogP contribution in [0.4, 0.5) is 25.1 Å². The van der Waals surface area contributed by atoms with Crippen molar-refractivity contribution in [3.05, 3.63) is 76.4 Å². The molecule has 33 heavy (non-hydrogen) atoms. The van der Waals surface area contributed by atoms with Gasteiger partial charge in [-0.3, -0.25) is 15.4 Å². The number of nitrogens with zero attached hydrogens (tertiary/aromatic N) is 5. The highest BCUT2D eigenvalue weighted by Gasteiger charge is 2.38. The highest BCUT2D eigenvalue weighted by atomic mass is 19.1. The van der Waals surface area contributed by atoms with Crippen LogP contribution in [-0.4, -0.2) is 43.9 Å². The second-order valence-corrected chi connectivity index (χ2v) is 7.66. The third-order valence-electron chi connectivity index (χ3n) is 5.63. The molecular weight excluding hydrogens is 434 g/mol. The molecular formula is C22H20F2N6O3. The molecule has 1 unspecified atom stereocenters. The van der Waals surface area contributed by atoms with Gasteiger partial charge in [0.2, 0.25) is 5.82 Å². The fourth-order valence-electron chi connectivity index (χ4n) is 3.88. The fourth-order valence-corrected chi connectivity index (χ4v) is 3.88. The van der Waals surface area contributed by atoms with E-state index < -0.39 is 28.3 Å². The second-order valence-electron chi connectivity index (χ2n) is 7.66. The van der Waals surface area contributed by atoms with Gasteiger partial charge in [0.15, 0.2) is 0 Å². The Balaban J connectivity index is 1.50. The van der Waals surface area contributed by atoms with Gasteiger partial charge in [0.25, 0.3) is 0 Å². The number of pyridine rings is 1. The Morgan fingerprint density at radius 1 is 1.24 bits per heavy atom. The Morgan fingerprint density at radius 3 is 2.61 bits per heavy atom. The SMILES string of the molecule is CCC(c1ncccn1)C1CN(C(=O)Nc2nc(-c3ccc(F)cc3F)ccc2[N+](=O)[O-])C1. The smallest absolute Gasteiger partial charge is 0.323 e. The zero-order chi connectivity index (χ0) is 23.5. The molecule has 0 aliphatic carbocycles. The molecule has 1 fully saturated rings. The number of halogens is 2. The summed E-state index contributed by atoms with van der Waals surface area (Å²) >= 11 is 0. The third kappa shape index (κ3) is 4.61. The maximum absolute atomic E-state index is 14.2. The Kier molecular flexibility index (Phi) is 6.20. The molecule has 3 heterocycles. The summed E-state index contributed by atoms with van der Waals surface area (Å²) in [7, 11) is 0. The van der Waals surface area contributed by atoms with Gasteiger partial charge in [-0.2, -0.15) is 0 Å². The summed E-state index contributed by atoms with van der Waals surface area (Å²) in [5.41, 5.74) is -0.447. The first-order chi connectivity index (χ1) is 15.9. The van der Waals surface area contributed by atoms with Crippen molar-refractivity contribution in [3.63, 3.8) is 0 Å². The zero-order valence-electron chi connectivity index (χ0n) is 17.6. The van der Waals surface area contributed by atoms with Crippen molar-refractivity contribution in [1.82, 2.24) is 19.9 Å². The van der Waals surface area contributed by atoms with Gasteiger partial charge in [0.05, 0.1) is 10.6 Å². The first kappa shape index (κ1) is 22.2. The topological polar surface area (TPSA) is 114 Å². The molecule has 1 aliphatic rings. The van der Waals surface area contributed by atoms with Gasteiger partial charge in [-0.15, -0.1) is 0 Å². The van der Waals surface area contributed by atoms with Crippen LogP contribution >= 0.6 is 0 Å². The number of aromatic nitrogens is 3. The number of benzene rings is 1. The molecule has 2 aromatic heterocycles. The van der Waals surface area contributed by atoms with Crippen molar-refractivity contribution < 1.29 is 18.5 Å². The summed E-state index contributed by atoms with van der Waals surface area (Å²) in [6.45, 7) is 2.89. The molecule has 170 valence electrons. The highest BCUT2D eigenvalue weighted by molar-refractivity contribution is 5.91. The van der Waals surface area contributed by atoms with E-state index in [1.54, 1.807) is 18.5 Å². The molecule has 2 amide bonds. The average Bonchev–Trinajstić information content (AvgIpc) is 2.76. The molecule has 11 heteroatoms. The predicted molar refractivity (Wildman–Crippen MR) is 115 cm³/mol.